The van der Waals surface area contributed by atoms with E-state index in [0.29, 0.717) is 0 Å². The Kier molecular flexibility index (Phi) is 3.59. The van der Waals surface area contributed by atoms with Crippen LogP contribution in [0.3, 0.4) is 0 Å². The van der Waals surface area contributed by atoms with E-state index in [1.807, 2.05) is 6.92 Å². The van der Waals surface area contributed by atoms with Crippen LogP contribution in [0.15, 0.2) is 18.2 Å². The van der Waals surface area contributed by atoms with E-state index in [9.17, 15) is 13.6 Å². The van der Waals surface area contributed by atoms with Gasteiger partial charge in [-0.2, -0.15) is 5.10 Å². The molecule has 2 aromatic rings. The topological polar surface area (TPSA) is 57.8 Å². The third-order valence-electron chi connectivity index (χ3n) is 2.90. The van der Waals surface area contributed by atoms with Crippen LogP contribution in [0.1, 0.15) is 27.3 Å². The molecule has 100 valence electrons. The lowest BCUT2D eigenvalue weighted by Crippen LogP contribution is -2.24. The lowest BCUT2D eigenvalue weighted by atomic mass is 10.1. The van der Waals surface area contributed by atoms with Crippen molar-refractivity contribution >= 4 is 5.91 Å². The van der Waals surface area contributed by atoms with Gasteiger partial charge in [-0.25, -0.2) is 8.78 Å². The molecule has 0 spiro atoms. The van der Waals surface area contributed by atoms with Crippen LogP contribution in [0.2, 0.25) is 0 Å². The van der Waals surface area contributed by atoms with Gasteiger partial charge in [0, 0.05) is 17.8 Å². The quantitative estimate of drug-likeness (QED) is 0.894. The van der Waals surface area contributed by atoms with E-state index in [1.165, 1.54) is 12.1 Å². The Bertz CT molecular complexity index is 603. The number of aryl methyl sites for hydroxylation is 2. The number of aromatic nitrogens is 2. The summed E-state index contributed by atoms with van der Waals surface area (Å²) in [5.41, 5.74) is 2.12. The van der Waals surface area contributed by atoms with Gasteiger partial charge in [-0.15, -0.1) is 0 Å². The molecule has 19 heavy (non-hydrogen) atoms. The minimum Gasteiger partial charge on any atom is -0.348 e. The molecule has 0 saturated heterocycles. The number of amides is 1. The molecular formula is C13H13F2N3O. The van der Waals surface area contributed by atoms with Crippen LogP contribution in [0.25, 0.3) is 0 Å². The van der Waals surface area contributed by atoms with E-state index < -0.39 is 17.5 Å². The van der Waals surface area contributed by atoms with Gasteiger partial charge in [-0.3, -0.25) is 9.89 Å². The van der Waals surface area contributed by atoms with Crippen molar-refractivity contribution in [2.24, 2.45) is 0 Å². The number of H-pyrrole nitrogens is 1. The second-order valence-corrected chi connectivity index (χ2v) is 4.20. The van der Waals surface area contributed by atoms with Gasteiger partial charge in [0.2, 0.25) is 0 Å². The van der Waals surface area contributed by atoms with Crippen LogP contribution in [0.5, 0.6) is 0 Å². The summed E-state index contributed by atoms with van der Waals surface area (Å²) in [6, 6.07) is 3.50. The molecule has 0 aliphatic rings. The predicted octanol–water partition coefficient (Wildman–Crippen LogP) is 2.23. The highest BCUT2D eigenvalue weighted by Gasteiger charge is 2.15. The van der Waals surface area contributed by atoms with Crippen LogP contribution in [0.4, 0.5) is 8.78 Å². The van der Waals surface area contributed by atoms with Gasteiger partial charge in [0.1, 0.15) is 0 Å². The molecule has 6 heteroatoms. The van der Waals surface area contributed by atoms with E-state index >= 15 is 0 Å². The fraction of sp³-hybridized carbons (Fsp3) is 0.231. The maximum absolute atomic E-state index is 13.4. The number of carbonyl (C=O) groups is 1. The number of nitrogens with zero attached hydrogens (tertiary/aromatic N) is 1. The van der Waals surface area contributed by atoms with Gasteiger partial charge in [0.25, 0.3) is 5.91 Å². The summed E-state index contributed by atoms with van der Waals surface area (Å²) in [7, 11) is 0. The zero-order chi connectivity index (χ0) is 14.0. The second kappa shape index (κ2) is 5.17. The van der Waals surface area contributed by atoms with Crippen molar-refractivity contribution in [1.82, 2.24) is 15.5 Å². The molecule has 0 fully saturated rings. The smallest absolute Gasteiger partial charge is 0.254 e. The van der Waals surface area contributed by atoms with Gasteiger partial charge in [-0.05, 0) is 26.0 Å². The number of rotatable bonds is 3. The Morgan fingerprint density at radius 1 is 1.37 bits per heavy atom. The fourth-order valence-electron chi connectivity index (χ4n) is 1.78. The van der Waals surface area contributed by atoms with Crippen LogP contribution in [0, 0.1) is 25.5 Å². The van der Waals surface area contributed by atoms with Crippen LogP contribution in [-0.4, -0.2) is 16.1 Å². The molecule has 1 aromatic carbocycles. The molecule has 0 unspecified atom stereocenters. The molecule has 2 N–H and O–H groups in total. The predicted molar refractivity (Wildman–Crippen MR) is 65.6 cm³/mol. The standard InChI is InChI=1S/C13H13F2N3O/c1-7-10(8(2)18-17-7)6-16-13(19)9-4-3-5-11(14)12(9)15/h3-5H,6H2,1-2H3,(H,16,19)(H,17,18). The Balaban J connectivity index is 2.12. The van der Waals surface area contributed by atoms with Crippen molar-refractivity contribution < 1.29 is 13.6 Å². The minimum absolute atomic E-state index is 0.211. The normalized spacial score (nSPS) is 10.5. The van der Waals surface area contributed by atoms with E-state index in [-0.39, 0.29) is 12.1 Å². The summed E-state index contributed by atoms with van der Waals surface area (Å²) >= 11 is 0. The first-order valence-electron chi connectivity index (χ1n) is 5.73. The Morgan fingerprint density at radius 3 is 2.74 bits per heavy atom. The summed E-state index contributed by atoms with van der Waals surface area (Å²) in [4.78, 5) is 11.8. The highest BCUT2D eigenvalue weighted by atomic mass is 19.2. The lowest BCUT2D eigenvalue weighted by molar-refractivity contribution is 0.0946. The summed E-state index contributed by atoms with van der Waals surface area (Å²) < 4.78 is 26.4. The van der Waals surface area contributed by atoms with Gasteiger partial charge < -0.3 is 5.32 Å². The summed E-state index contributed by atoms with van der Waals surface area (Å²) in [6.45, 7) is 3.83. The SMILES string of the molecule is Cc1n[nH]c(C)c1CNC(=O)c1cccc(F)c1F. The van der Waals surface area contributed by atoms with Gasteiger partial charge >= 0.3 is 0 Å². The van der Waals surface area contributed by atoms with Gasteiger partial charge in [-0.1, -0.05) is 6.07 Å². The molecule has 0 bridgehead atoms. The highest BCUT2D eigenvalue weighted by molar-refractivity contribution is 5.94. The Morgan fingerprint density at radius 2 is 2.11 bits per heavy atom. The molecule has 0 atom stereocenters. The first-order chi connectivity index (χ1) is 9.00. The number of hydrogen-bond donors (Lipinski definition) is 2. The monoisotopic (exact) mass is 265 g/mol. The highest BCUT2D eigenvalue weighted by Crippen LogP contribution is 2.12. The molecule has 0 radical (unpaired) electrons. The number of carbonyl (C=O) groups excluding carboxylic acids is 1. The van der Waals surface area contributed by atoms with Crippen molar-refractivity contribution in [3.63, 3.8) is 0 Å². The second-order valence-electron chi connectivity index (χ2n) is 4.20. The van der Waals surface area contributed by atoms with Gasteiger partial charge in [0.15, 0.2) is 11.6 Å². The molecule has 2 rings (SSSR count). The molecule has 0 aliphatic heterocycles. The largest absolute Gasteiger partial charge is 0.348 e. The zero-order valence-corrected chi connectivity index (χ0v) is 10.6. The lowest BCUT2D eigenvalue weighted by Gasteiger charge is -2.06. The van der Waals surface area contributed by atoms with E-state index in [0.717, 1.165) is 23.0 Å². The molecule has 1 heterocycles. The van der Waals surface area contributed by atoms with E-state index in [1.54, 1.807) is 6.92 Å². The molecule has 0 saturated carbocycles. The summed E-state index contributed by atoms with van der Waals surface area (Å²) in [5.74, 6) is -2.83. The summed E-state index contributed by atoms with van der Waals surface area (Å²) in [5, 5.41) is 9.32. The molecule has 1 aromatic heterocycles. The number of nitrogens with one attached hydrogen (secondary N) is 2. The van der Waals surface area contributed by atoms with Crippen molar-refractivity contribution in [1.29, 1.82) is 0 Å². The molecule has 1 amide bonds. The Labute approximate surface area is 108 Å². The number of halogens is 2. The third kappa shape index (κ3) is 2.62. The number of aromatic amines is 1. The first-order valence-corrected chi connectivity index (χ1v) is 5.73. The average Bonchev–Trinajstić information content (AvgIpc) is 2.70. The van der Waals surface area contributed by atoms with Crippen molar-refractivity contribution in [3.8, 4) is 0 Å². The van der Waals surface area contributed by atoms with Crippen molar-refractivity contribution in [3.05, 3.63) is 52.3 Å². The van der Waals surface area contributed by atoms with Crippen molar-refractivity contribution in [2.45, 2.75) is 20.4 Å². The average molecular weight is 265 g/mol. The maximum atomic E-state index is 13.4. The minimum atomic E-state index is -1.14. The molecular weight excluding hydrogens is 252 g/mol. The first kappa shape index (κ1) is 13.2. The van der Waals surface area contributed by atoms with Crippen LogP contribution < -0.4 is 5.32 Å². The van der Waals surface area contributed by atoms with E-state index in [4.69, 9.17) is 0 Å². The summed E-state index contributed by atoms with van der Waals surface area (Å²) in [6.07, 6.45) is 0. The maximum Gasteiger partial charge on any atom is 0.254 e. The molecule has 4 nitrogen and oxygen atoms in total. The van der Waals surface area contributed by atoms with Gasteiger partial charge in [0.05, 0.1) is 11.3 Å². The van der Waals surface area contributed by atoms with Crippen molar-refractivity contribution in [2.75, 3.05) is 0 Å². The van der Waals surface area contributed by atoms with E-state index in [2.05, 4.69) is 15.5 Å². The number of benzene rings is 1. The fourth-order valence-corrected chi connectivity index (χ4v) is 1.78. The zero-order valence-electron chi connectivity index (χ0n) is 10.6. The molecule has 0 aliphatic carbocycles. The van der Waals surface area contributed by atoms with Crippen LogP contribution in [-0.2, 0) is 6.54 Å². The Hall–Kier alpha value is -2.24. The van der Waals surface area contributed by atoms with Crippen LogP contribution >= 0.6 is 0 Å². The number of hydrogen-bond acceptors (Lipinski definition) is 2. The third-order valence-corrected chi connectivity index (χ3v) is 2.90.